The first-order valence-electron chi connectivity index (χ1n) is 8.48. The molecule has 6 nitrogen and oxygen atoms in total. The predicted molar refractivity (Wildman–Crippen MR) is 106 cm³/mol. The molecule has 1 aliphatic rings. The van der Waals surface area contributed by atoms with E-state index in [1.807, 2.05) is 0 Å². The van der Waals surface area contributed by atoms with Gasteiger partial charge in [0.25, 0.3) is 10.0 Å². The van der Waals surface area contributed by atoms with E-state index < -0.39 is 22.0 Å². The molecule has 0 spiro atoms. The molecule has 2 aromatic rings. The number of rotatable bonds is 5. The van der Waals surface area contributed by atoms with Gasteiger partial charge in [0.2, 0.25) is 5.91 Å². The summed E-state index contributed by atoms with van der Waals surface area (Å²) in [4.78, 5) is 24.3. The van der Waals surface area contributed by atoms with Gasteiger partial charge in [0, 0.05) is 17.8 Å². The molecule has 9 heteroatoms. The molecule has 1 aromatic carbocycles. The second kappa shape index (κ2) is 8.10. The summed E-state index contributed by atoms with van der Waals surface area (Å²) >= 11 is 6.86. The Kier molecular flexibility index (Phi) is 6.00. The number of thiophene rings is 1. The van der Waals surface area contributed by atoms with Crippen molar-refractivity contribution < 1.29 is 18.0 Å². The Labute approximate surface area is 167 Å². The Morgan fingerprint density at radius 3 is 2.67 bits per heavy atom. The van der Waals surface area contributed by atoms with Crippen molar-refractivity contribution >= 4 is 50.3 Å². The molecule has 27 heavy (non-hydrogen) atoms. The van der Waals surface area contributed by atoms with Gasteiger partial charge in [-0.15, -0.1) is 11.3 Å². The lowest BCUT2D eigenvalue weighted by Gasteiger charge is -2.33. The number of nitrogens with one attached hydrogen (secondary N) is 1. The summed E-state index contributed by atoms with van der Waals surface area (Å²) in [7, 11) is -3.80. The molecule has 1 aromatic heterocycles. The Morgan fingerprint density at radius 1 is 1.22 bits per heavy atom. The topological polar surface area (TPSA) is 83.6 Å². The van der Waals surface area contributed by atoms with Crippen LogP contribution in [0.2, 0.25) is 4.34 Å². The van der Waals surface area contributed by atoms with E-state index in [4.69, 9.17) is 11.6 Å². The van der Waals surface area contributed by atoms with Crippen molar-refractivity contribution in [2.75, 3.05) is 11.9 Å². The van der Waals surface area contributed by atoms with E-state index in [0.29, 0.717) is 28.4 Å². The molecule has 1 saturated heterocycles. The molecule has 0 radical (unpaired) electrons. The molecular weight excluding hydrogens is 408 g/mol. The van der Waals surface area contributed by atoms with Crippen LogP contribution in [-0.4, -0.2) is 37.0 Å². The highest BCUT2D eigenvalue weighted by Gasteiger charge is 2.38. The molecule has 144 valence electrons. The van der Waals surface area contributed by atoms with Crippen LogP contribution in [0.15, 0.2) is 40.6 Å². The van der Waals surface area contributed by atoms with Gasteiger partial charge in [-0.05, 0) is 44.0 Å². The number of anilines is 1. The summed E-state index contributed by atoms with van der Waals surface area (Å²) in [5, 5.41) is 2.75. The van der Waals surface area contributed by atoms with Gasteiger partial charge >= 0.3 is 0 Å². The van der Waals surface area contributed by atoms with Crippen molar-refractivity contribution in [2.24, 2.45) is 0 Å². The van der Waals surface area contributed by atoms with Crippen molar-refractivity contribution in [3.05, 3.63) is 46.3 Å². The maximum absolute atomic E-state index is 13.0. The number of hydrogen-bond donors (Lipinski definition) is 1. The van der Waals surface area contributed by atoms with Gasteiger partial charge in [-0.1, -0.05) is 30.2 Å². The third-order valence-corrected chi connectivity index (χ3v) is 8.01. The molecule has 0 bridgehead atoms. The zero-order chi connectivity index (χ0) is 19.6. The van der Waals surface area contributed by atoms with Crippen LogP contribution in [-0.2, 0) is 14.8 Å². The number of sulfonamides is 1. The van der Waals surface area contributed by atoms with Gasteiger partial charge in [0.1, 0.15) is 10.3 Å². The van der Waals surface area contributed by atoms with Crippen LogP contribution in [0.5, 0.6) is 0 Å². The fourth-order valence-corrected chi connectivity index (χ4v) is 6.32. The summed E-state index contributed by atoms with van der Waals surface area (Å²) in [5.41, 5.74) is 0.948. The molecule has 1 fully saturated rings. The number of benzene rings is 1. The minimum Gasteiger partial charge on any atom is -0.325 e. The molecule has 1 atom stereocenters. The Bertz CT molecular complexity index is 971. The minimum atomic E-state index is -3.80. The van der Waals surface area contributed by atoms with E-state index in [9.17, 15) is 18.0 Å². The summed E-state index contributed by atoms with van der Waals surface area (Å²) < 4.78 is 27.7. The van der Waals surface area contributed by atoms with Crippen LogP contribution in [0, 0.1) is 0 Å². The standard InChI is InChI=1S/C18H19ClN2O4S2/c1-12(22)13-5-4-6-14(11-13)20-18(23)15-7-2-3-10-21(15)27(24,25)17-9-8-16(19)26-17/h4-6,8-9,11,15H,2-3,7,10H2,1H3,(H,20,23)/t15-/m0/s1. The van der Waals surface area contributed by atoms with Crippen LogP contribution in [0.25, 0.3) is 0 Å². The lowest BCUT2D eigenvalue weighted by Crippen LogP contribution is -2.49. The number of carbonyl (C=O) groups is 2. The van der Waals surface area contributed by atoms with Crippen LogP contribution in [0.3, 0.4) is 0 Å². The Balaban J connectivity index is 1.84. The summed E-state index contributed by atoms with van der Waals surface area (Å²) in [6, 6.07) is 8.79. The lowest BCUT2D eigenvalue weighted by atomic mass is 10.0. The fourth-order valence-electron chi connectivity index (χ4n) is 3.05. The third kappa shape index (κ3) is 4.40. The number of nitrogens with zero attached hydrogens (tertiary/aromatic N) is 1. The maximum atomic E-state index is 13.0. The van der Waals surface area contributed by atoms with Crippen LogP contribution in [0.4, 0.5) is 5.69 Å². The van der Waals surface area contributed by atoms with Crippen molar-refractivity contribution in [1.29, 1.82) is 0 Å². The Hall–Kier alpha value is -1.74. The van der Waals surface area contributed by atoms with E-state index in [2.05, 4.69) is 5.32 Å². The average molecular weight is 427 g/mol. The molecule has 0 aliphatic carbocycles. The first-order chi connectivity index (χ1) is 12.8. The number of amides is 1. The lowest BCUT2D eigenvalue weighted by molar-refractivity contribution is -0.120. The largest absolute Gasteiger partial charge is 0.325 e. The molecule has 2 heterocycles. The van der Waals surface area contributed by atoms with Gasteiger partial charge in [-0.2, -0.15) is 4.31 Å². The average Bonchev–Trinajstić information content (AvgIpc) is 3.09. The predicted octanol–water partition coefficient (Wildman–Crippen LogP) is 3.79. The van der Waals surface area contributed by atoms with E-state index >= 15 is 0 Å². The highest BCUT2D eigenvalue weighted by molar-refractivity contribution is 7.91. The number of piperidine rings is 1. The van der Waals surface area contributed by atoms with Gasteiger partial charge in [-0.25, -0.2) is 8.42 Å². The van der Waals surface area contributed by atoms with Gasteiger partial charge in [0.15, 0.2) is 5.78 Å². The quantitative estimate of drug-likeness (QED) is 0.737. The highest BCUT2D eigenvalue weighted by atomic mass is 35.5. The normalized spacial score (nSPS) is 18.2. The van der Waals surface area contributed by atoms with Crippen molar-refractivity contribution in [1.82, 2.24) is 4.31 Å². The number of halogens is 1. The zero-order valence-corrected chi connectivity index (χ0v) is 17.0. The molecule has 3 rings (SSSR count). The van der Waals surface area contributed by atoms with E-state index in [-0.39, 0.29) is 16.5 Å². The summed E-state index contributed by atoms with van der Waals surface area (Å²) in [6.07, 6.45) is 1.90. The van der Waals surface area contributed by atoms with E-state index in [1.54, 1.807) is 24.3 Å². The van der Waals surface area contributed by atoms with Crippen molar-refractivity contribution in [3.63, 3.8) is 0 Å². The molecule has 0 unspecified atom stereocenters. The zero-order valence-electron chi connectivity index (χ0n) is 14.6. The smallest absolute Gasteiger partial charge is 0.253 e. The fraction of sp³-hybridized carbons (Fsp3) is 0.333. The Morgan fingerprint density at radius 2 is 2.00 bits per heavy atom. The maximum Gasteiger partial charge on any atom is 0.253 e. The van der Waals surface area contributed by atoms with Gasteiger partial charge in [0.05, 0.1) is 4.34 Å². The number of carbonyl (C=O) groups excluding carboxylic acids is 2. The summed E-state index contributed by atoms with van der Waals surface area (Å²) in [6.45, 7) is 1.73. The van der Waals surface area contributed by atoms with Crippen LogP contribution in [0.1, 0.15) is 36.5 Å². The second-order valence-electron chi connectivity index (χ2n) is 6.31. The monoisotopic (exact) mass is 426 g/mol. The van der Waals surface area contributed by atoms with Crippen LogP contribution < -0.4 is 5.32 Å². The summed E-state index contributed by atoms with van der Waals surface area (Å²) in [5.74, 6) is -0.510. The van der Waals surface area contributed by atoms with Crippen LogP contribution >= 0.6 is 22.9 Å². The molecule has 1 aliphatic heterocycles. The first-order valence-corrected chi connectivity index (χ1v) is 11.1. The third-order valence-electron chi connectivity index (χ3n) is 4.40. The van der Waals surface area contributed by atoms with Crippen molar-refractivity contribution in [2.45, 2.75) is 36.4 Å². The van der Waals surface area contributed by atoms with Gasteiger partial charge < -0.3 is 5.32 Å². The van der Waals surface area contributed by atoms with E-state index in [0.717, 1.165) is 17.8 Å². The SMILES string of the molecule is CC(=O)c1cccc(NC(=O)[C@@H]2CCCCN2S(=O)(=O)c2ccc(Cl)s2)c1. The molecule has 1 N–H and O–H groups in total. The number of Topliss-reactive ketones (excluding diaryl/α,β-unsaturated/α-hetero) is 1. The number of hydrogen-bond acceptors (Lipinski definition) is 5. The highest BCUT2D eigenvalue weighted by Crippen LogP contribution is 2.32. The van der Waals surface area contributed by atoms with E-state index in [1.165, 1.54) is 23.4 Å². The minimum absolute atomic E-state index is 0.109. The van der Waals surface area contributed by atoms with Crippen molar-refractivity contribution in [3.8, 4) is 0 Å². The molecule has 0 saturated carbocycles. The van der Waals surface area contributed by atoms with Gasteiger partial charge in [-0.3, -0.25) is 9.59 Å². The number of ketones is 1. The molecule has 1 amide bonds. The second-order valence-corrected chi connectivity index (χ2v) is 10.1. The first kappa shape index (κ1) is 20.0. The molecular formula is C18H19ClN2O4S2.